The topological polar surface area (TPSA) is 71.5 Å². The molecular formula is C27H27N3O3. The standard InChI is InChI=1S/C21H21N3O3.C6H6/c1-5-17(18-14(2)7-6-12-22-18)23-19(25)15-8-10-16(11-9-15)24-13-21(3,4)27-20(24)26;1-2-4-6-5-3-1/h5-12H,1-2,13H2,3-4H3,(H,23,25);1-6H/b18-17-;. The molecule has 1 aliphatic rings. The van der Waals surface area contributed by atoms with E-state index in [-0.39, 0.29) is 5.91 Å². The molecule has 1 N–H and O–H groups in total. The number of hydrogen-bond acceptors (Lipinski definition) is 4. The van der Waals surface area contributed by atoms with Crippen LogP contribution in [0.3, 0.4) is 0 Å². The summed E-state index contributed by atoms with van der Waals surface area (Å²) in [7, 11) is 0. The number of carbonyl (C=O) groups excluding carboxylic acids is 2. The van der Waals surface area contributed by atoms with Crippen LogP contribution in [0.15, 0.2) is 91.6 Å². The summed E-state index contributed by atoms with van der Waals surface area (Å²) in [5.74, 6) is -0.300. The average Bonchev–Trinajstić information content (AvgIpc) is 3.11. The Bertz CT molecular complexity index is 1210. The number of aromatic nitrogens is 1. The molecule has 2 heterocycles. The van der Waals surface area contributed by atoms with E-state index in [2.05, 4.69) is 23.5 Å². The van der Waals surface area contributed by atoms with Gasteiger partial charge in [-0.3, -0.25) is 14.7 Å². The Labute approximate surface area is 193 Å². The molecule has 3 aromatic rings. The minimum absolute atomic E-state index is 0.300. The SMILES string of the molecule is C=C/C(NC(=O)c1ccc(N2CC(C)(C)OC2=O)cc1)=c1/ncccc1=C.c1ccccc1. The lowest BCUT2D eigenvalue weighted by Crippen LogP contribution is -2.35. The first-order valence-corrected chi connectivity index (χ1v) is 10.5. The molecule has 1 fully saturated rings. The van der Waals surface area contributed by atoms with Gasteiger partial charge in [0.05, 0.1) is 17.6 Å². The number of rotatable bonds is 4. The van der Waals surface area contributed by atoms with E-state index in [0.29, 0.717) is 34.1 Å². The van der Waals surface area contributed by atoms with Crippen LogP contribution in [0.1, 0.15) is 24.2 Å². The smallest absolute Gasteiger partial charge is 0.415 e. The number of pyridine rings is 1. The molecule has 4 rings (SSSR count). The Morgan fingerprint density at radius 3 is 2.15 bits per heavy atom. The normalized spacial score (nSPS) is 15.0. The van der Waals surface area contributed by atoms with Crippen LogP contribution in [0, 0.1) is 0 Å². The highest BCUT2D eigenvalue weighted by molar-refractivity contribution is 5.99. The molecule has 0 bridgehead atoms. The van der Waals surface area contributed by atoms with E-state index < -0.39 is 11.7 Å². The van der Waals surface area contributed by atoms with E-state index in [0.717, 1.165) is 0 Å². The Hall–Kier alpha value is -4.19. The Morgan fingerprint density at radius 2 is 1.67 bits per heavy atom. The molecule has 0 saturated carbocycles. The predicted molar refractivity (Wildman–Crippen MR) is 131 cm³/mol. The van der Waals surface area contributed by atoms with Crippen LogP contribution in [-0.4, -0.2) is 29.1 Å². The molecule has 0 aliphatic carbocycles. The van der Waals surface area contributed by atoms with Gasteiger partial charge in [-0.05, 0) is 55.5 Å². The fourth-order valence-corrected chi connectivity index (χ4v) is 3.23. The molecular weight excluding hydrogens is 414 g/mol. The number of carbonyl (C=O) groups is 2. The predicted octanol–water partition coefficient (Wildman–Crippen LogP) is 3.64. The van der Waals surface area contributed by atoms with Crippen molar-refractivity contribution in [2.45, 2.75) is 19.4 Å². The number of anilines is 1. The molecule has 2 aromatic carbocycles. The zero-order chi connectivity index (χ0) is 23.8. The van der Waals surface area contributed by atoms with E-state index in [9.17, 15) is 9.59 Å². The number of nitrogens with one attached hydrogen (secondary N) is 1. The molecule has 6 nitrogen and oxygen atoms in total. The molecule has 0 unspecified atom stereocenters. The molecule has 1 aromatic heterocycles. The van der Waals surface area contributed by atoms with Gasteiger partial charge in [0.2, 0.25) is 0 Å². The zero-order valence-electron chi connectivity index (χ0n) is 18.8. The number of benzene rings is 2. The molecule has 0 spiro atoms. The maximum absolute atomic E-state index is 12.6. The van der Waals surface area contributed by atoms with Crippen LogP contribution in [0.5, 0.6) is 0 Å². The first kappa shape index (κ1) is 23.5. The third kappa shape index (κ3) is 6.17. The highest BCUT2D eigenvalue weighted by Crippen LogP contribution is 2.27. The molecule has 2 amide bonds. The summed E-state index contributed by atoms with van der Waals surface area (Å²) in [6.07, 6.45) is 2.77. The van der Waals surface area contributed by atoms with Crippen LogP contribution < -0.4 is 20.8 Å². The second-order valence-corrected chi connectivity index (χ2v) is 8.00. The Balaban J connectivity index is 0.000000442. The molecule has 168 valence electrons. The van der Waals surface area contributed by atoms with Crippen LogP contribution in [-0.2, 0) is 4.74 Å². The third-order valence-electron chi connectivity index (χ3n) is 4.83. The van der Waals surface area contributed by atoms with Gasteiger partial charge in [0.25, 0.3) is 5.91 Å². The first-order chi connectivity index (χ1) is 15.8. The number of ether oxygens (including phenoxy) is 1. The molecule has 1 saturated heterocycles. The van der Waals surface area contributed by atoms with E-state index >= 15 is 0 Å². The molecule has 0 radical (unpaired) electrons. The maximum atomic E-state index is 12.6. The first-order valence-electron chi connectivity index (χ1n) is 10.5. The van der Waals surface area contributed by atoms with Crippen LogP contribution in [0.25, 0.3) is 12.3 Å². The quantitative estimate of drug-likeness (QED) is 0.671. The lowest BCUT2D eigenvalue weighted by Gasteiger charge is -2.16. The summed E-state index contributed by atoms with van der Waals surface area (Å²) < 4.78 is 5.30. The number of amides is 2. The van der Waals surface area contributed by atoms with Crippen molar-refractivity contribution in [1.82, 2.24) is 10.3 Å². The van der Waals surface area contributed by atoms with Gasteiger partial charge in [0.1, 0.15) is 5.60 Å². The Kier molecular flexibility index (Phi) is 7.41. The molecule has 0 atom stereocenters. The van der Waals surface area contributed by atoms with E-state index in [1.54, 1.807) is 41.4 Å². The number of nitrogens with zero attached hydrogens (tertiary/aromatic N) is 2. The fraction of sp³-hybridized carbons (Fsp3) is 0.148. The summed E-state index contributed by atoms with van der Waals surface area (Å²) in [5, 5.41) is 4.06. The van der Waals surface area contributed by atoms with Crippen molar-refractivity contribution in [3.05, 3.63) is 108 Å². The van der Waals surface area contributed by atoms with E-state index in [4.69, 9.17) is 4.74 Å². The van der Waals surface area contributed by atoms with Gasteiger partial charge in [0.15, 0.2) is 0 Å². The monoisotopic (exact) mass is 441 g/mol. The second kappa shape index (κ2) is 10.4. The fourth-order valence-electron chi connectivity index (χ4n) is 3.23. The minimum Gasteiger partial charge on any atom is -0.441 e. The minimum atomic E-state index is -0.532. The summed E-state index contributed by atoms with van der Waals surface area (Å²) in [4.78, 5) is 30.3. The van der Waals surface area contributed by atoms with Gasteiger partial charge in [-0.25, -0.2) is 4.79 Å². The van der Waals surface area contributed by atoms with Gasteiger partial charge in [-0.15, -0.1) is 0 Å². The Morgan fingerprint density at radius 1 is 1.06 bits per heavy atom. The molecule has 6 heteroatoms. The zero-order valence-corrected chi connectivity index (χ0v) is 18.8. The van der Waals surface area contributed by atoms with Crippen LogP contribution in [0.4, 0.5) is 10.5 Å². The largest absolute Gasteiger partial charge is 0.441 e. The number of cyclic esters (lactones) is 1. The van der Waals surface area contributed by atoms with Gasteiger partial charge < -0.3 is 10.1 Å². The summed E-state index contributed by atoms with van der Waals surface area (Å²) >= 11 is 0. The van der Waals surface area contributed by atoms with Gasteiger partial charge >= 0.3 is 6.09 Å². The van der Waals surface area contributed by atoms with E-state index in [1.807, 2.05) is 56.3 Å². The highest BCUT2D eigenvalue weighted by atomic mass is 16.6. The van der Waals surface area contributed by atoms with Crippen molar-refractivity contribution in [1.29, 1.82) is 0 Å². The van der Waals surface area contributed by atoms with Crippen molar-refractivity contribution < 1.29 is 14.3 Å². The third-order valence-corrected chi connectivity index (χ3v) is 4.83. The summed E-state index contributed by atoms with van der Waals surface area (Å²) in [6, 6.07) is 22.3. The summed E-state index contributed by atoms with van der Waals surface area (Å²) in [6.45, 7) is 11.8. The second-order valence-electron chi connectivity index (χ2n) is 8.00. The van der Waals surface area contributed by atoms with E-state index in [1.165, 1.54) is 6.08 Å². The van der Waals surface area contributed by atoms with Gasteiger partial charge in [-0.2, -0.15) is 0 Å². The average molecular weight is 442 g/mol. The lowest BCUT2D eigenvalue weighted by atomic mass is 10.1. The van der Waals surface area contributed by atoms with Crippen molar-refractivity contribution in [2.75, 3.05) is 11.4 Å². The molecule has 1 aliphatic heterocycles. The van der Waals surface area contributed by atoms with Gasteiger partial charge in [0, 0.05) is 17.4 Å². The summed E-state index contributed by atoms with van der Waals surface area (Å²) in [5.41, 5.74) is 1.08. The van der Waals surface area contributed by atoms with Gasteiger partial charge in [-0.1, -0.05) is 55.6 Å². The number of hydrogen-bond donors (Lipinski definition) is 1. The lowest BCUT2D eigenvalue weighted by molar-refractivity contribution is 0.0870. The van der Waals surface area contributed by atoms with Crippen molar-refractivity contribution >= 4 is 30.0 Å². The van der Waals surface area contributed by atoms with Crippen molar-refractivity contribution in [2.24, 2.45) is 0 Å². The van der Waals surface area contributed by atoms with Crippen LogP contribution >= 0.6 is 0 Å². The highest BCUT2D eigenvalue weighted by Gasteiger charge is 2.38. The van der Waals surface area contributed by atoms with Crippen LogP contribution in [0.2, 0.25) is 0 Å². The van der Waals surface area contributed by atoms with Crippen molar-refractivity contribution in [3.8, 4) is 0 Å². The van der Waals surface area contributed by atoms with Crippen molar-refractivity contribution in [3.63, 3.8) is 0 Å². The maximum Gasteiger partial charge on any atom is 0.415 e. The molecule has 33 heavy (non-hydrogen) atoms.